The minimum Gasteiger partial charge on any atom is -0.480 e. The molecule has 0 bridgehead atoms. The molecular formula is C33H45NO3. The Labute approximate surface area is 224 Å². The highest BCUT2D eigenvalue weighted by Crippen LogP contribution is 2.10. The Morgan fingerprint density at radius 1 is 0.730 bits per heavy atom. The van der Waals surface area contributed by atoms with E-state index in [0.717, 1.165) is 12.0 Å². The van der Waals surface area contributed by atoms with Crippen LogP contribution in [0.15, 0.2) is 103 Å². The molecule has 0 fully saturated rings. The van der Waals surface area contributed by atoms with Gasteiger partial charge in [-0.05, 0) is 18.4 Å². The Balaban J connectivity index is 2.14. The Kier molecular flexibility index (Phi) is 19.7. The van der Waals surface area contributed by atoms with Gasteiger partial charge in [-0.3, -0.25) is 4.79 Å². The normalized spacial score (nSPS) is 13.2. The van der Waals surface area contributed by atoms with Gasteiger partial charge in [-0.2, -0.15) is 0 Å². The number of benzene rings is 1. The number of unbranched alkanes of at least 4 members (excludes halogenated alkanes) is 9. The van der Waals surface area contributed by atoms with E-state index in [4.69, 9.17) is 0 Å². The van der Waals surface area contributed by atoms with E-state index in [1.165, 1.54) is 63.9 Å². The Hall–Kier alpha value is -3.40. The van der Waals surface area contributed by atoms with Crippen LogP contribution in [-0.2, 0) is 16.0 Å². The fourth-order valence-electron chi connectivity index (χ4n) is 3.67. The van der Waals surface area contributed by atoms with Crippen LogP contribution in [0.3, 0.4) is 0 Å². The van der Waals surface area contributed by atoms with Gasteiger partial charge >= 0.3 is 5.97 Å². The van der Waals surface area contributed by atoms with Gasteiger partial charge < -0.3 is 10.4 Å². The van der Waals surface area contributed by atoms with Gasteiger partial charge in [-0.15, -0.1) is 0 Å². The number of carbonyl (C=O) groups excluding carboxylic acids is 1. The van der Waals surface area contributed by atoms with Gasteiger partial charge in [0.25, 0.3) is 0 Å². The maximum absolute atomic E-state index is 12.0. The molecule has 0 radical (unpaired) electrons. The van der Waals surface area contributed by atoms with Gasteiger partial charge in [0.2, 0.25) is 5.91 Å². The molecule has 1 aromatic rings. The van der Waals surface area contributed by atoms with Gasteiger partial charge in [0.05, 0.1) is 0 Å². The fraction of sp³-hybridized carbons (Fsp3) is 0.394. The second-order valence-corrected chi connectivity index (χ2v) is 9.03. The number of carboxylic acid groups (broad SMARTS) is 1. The lowest BCUT2D eigenvalue weighted by molar-refractivity contribution is -0.141. The summed E-state index contributed by atoms with van der Waals surface area (Å²) in [5, 5.41) is 11.9. The Bertz CT molecular complexity index is 907. The molecule has 0 heterocycles. The third kappa shape index (κ3) is 19.5. The third-order valence-corrected chi connectivity index (χ3v) is 5.76. The van der Waals surface area contributed by atoms with Crippen molar-refractivity contribution in [2.24, 2.45) is 0 Å². The molecule has 2 N–H and O–H groups in total. The summed E-state index contributed by atoms with van der Waals surface area (Å²) >= 11 is 0. The van der Waals surface area contributed by atoms with Gasteiger partial charge in [-0.25, -0.2) is 4.79 Å². The lowest BCUT2D eigenvalue weighted by Crippen LogP contribution is -2.41. The van der Waals surface area contributed by atoms with E-state index < -0.39 is 17.9 Å². The van der Waals surface area contributed by atoms with E-state index in [9.17, 15) is 14.7 Å². The van der Waals surface area contributed by atoms with Crippen molar-refractivity contribution in [3.8, 4) is 0 Å². The molecule has 0 aliphatic heterocycles. The van der Waals surface area contributed by atoms with E-state index in [2.05, 4.69) is 24.4 Å². The molecule has 0 aromatic heterocycles. The molecule has 0 aliphatic rings. The molecule has 4 nitrogen and oxygen atoms in total. The predicted molar refractivity (Wildman–Crippen MR) is 156 cm³/mol. The summed E-state index contributed by atoms with van der Waals surface area (Å²) in [6.45, 7) is 2.26. The molecule has 37 heavy (non-hydrogen) atoms. The number of carbonyl (C=O) groups is 2. The average Bonchev–Trinajstić information content (AvgIpc) is 2.89. The highest BCUT2D eigenvalue weighted by atomic mass is 16.4. The highest BCUT2D eigenvalue weighted by Gasteiger charge is 2.19. The van der Waals surface area contributed by atoms with Gasteiger partial charge in [0.15, 0.2) is 0 Å². The van der Waals surface area contributed by atoms with Crippen LogP contribution in [0.4, 0.5) is 0 Å². The monoisotopic (exact) mass is 503 g/mol. The molecule has 0 unspecified atom stereocenters. The molecule has 0 saturated heterocycles. The topological polar surface area (TPSA) is 66.4 Å². The van der Waals surface area contributed by atoms with Gasteiger partial charge in [0.1, 0.15) is 6.04 Å². The van der Waals surface area contributed by atoms with Crippen LogP contribution in [-0.4, -0.2) is 23.0 Å². The second-order valence-electron chi connectivity index (χ2n) is 9.03. The summed E-state index contributed by atoms with van der Waals surface area (Å²) in [5.41, 5.74) is 0.859. The van der Waals surface area contributed by atoms with Gasteiger partial charge in [0, 0.05) is 12.5 Å². The van der Waals surface area contributed by atoms with Crippen LogP contribution in [0.2, 0.25) is 0 Å². The van der Waals surface area contributed by atoms with Crippen molar-refractivity contribution in [1.29, 1.82) is 0 Å². The molecule has 4 heteroatoms. The first-order valence-corrected chi connectivity index (χ1v) is 13.7. The number of allylic oxidation sites excluding steroid dienone is 11. The summed E-state index contributed by atoms with van der Waals surface area (Å²) in [5.74, 6) is -1.49. The molecule has 1 rings (SSSR count). The van der Waals surface area contributed by atoms with Crippen LogP contribution in [0.5, 0.6) is 0 Å². The summed E-state index contributed by atoms with van der Waals surface area (Å²) in [4.78, 5) is 23.4. The molecule has 1 aromatic carbocycles. The van der Waals surface area contributed by atoms with Crippen molar-refractivity contribution in [2.45, 2.75) is 83.6 Å². The number of aliphatic carboxylic acids is 1. The standard InChI is InChI=1S/C33H45NO3/c1-2-3-4-5-6-7-8-9-10-11-12-13-14-15-16-17-18-19-20-21-25-28-32(35)34-31(33(36)37)29-30-26-23-22-24-27-30/h12-28,31H,2-11,29H2,1H3,(H,34,35)(H,36,37)/t31-/m0/s1. The van der Waals surface area contributed by atoms with E-state index in [0.29, 0.717) is 0 Å². The van der Waals surface area contributed by atoms with Crippen molar-refractivity contribution < 1.29 is 14.7 Å². The van der Waals surface area contributed by atoms with Crippen molar-refractivity contribution >= 4 is 11.9 Å². The summed E-state index contributed by atoms with van der Waals surface area (Å²) < 4.78 is 0. The Morgan fingerprint density at radius 2 is 1.24 bits per heavy atom. The maximum atomic E-state index is 12.0. The molecular weight excluding hydrogens is 458 g/mol. The maximum Gasteiger partial charge on any atom is 0.326 e. The minimum atomic E-state index is -1.06. The minimum absolute atomic E-state index is 0.240. The van der Waals surface area contributed by atoms with Crippen molar-refractivity contribution in [3.05, 3.63) is 109 Å². The largest absolute Gasteiger partial charge is 0.480 e. The Morgan fingerprint density at radius 3 is 1.81 bits per heavy atom. The first kappa shape index (κ1) is 31.6. The third-order valence-electron chi connectivity index (χ3n) is 5.76. The number of rotatable bonds is 20. The fourth-order valence-corrected chi connectivity index (χ4v) is 3.67. The number of hydrogen-bond acceptors (Lipinski definition) is 2. The average molecular weight is 504 g/mol. The van der Waals surface area contributed by atoms with Crippen LogP contribution in [0.25, 0.3) is 0 Å². The summed E-state index contributed by atoms with van der Waals surface area (Å²) in [6.07, 6.45) is 36.1. The van der Waals surface area contributed by atoms with Crippen molar-refractivity contribution in [3.63, 3.8) is 0 Å². The van der Waals surface area contributed by atoms with Crippen molar-refractivity contribution in [2.75, 3.05) is 0 Å². The van der Waals surface area contributed by atoms with E-state index in [-0.39, 0.29) is 6.42 Å². The number of nitrogens with one attached hydrogen (secondary N) is 1. The molecule has 200 valence electrons. The molecule has 0 spiro atoms. The van der Waals surface area contributed by atoms with Crippen LogP contribution in [0.1, 0.15) is 76.7 Å². The SMILES string of the molecule is CCCCCCCCCCCC=CC=CC=CC=CC=CC=CC(=O)N[C@@H](Cc1ccccc1)C(=O)O. The highest BCUT2D eigenvalue weighted by molar-refractivity contribution is 5.91. The molecule has 1 amide bonds. The molecule has 1 atom stereocenters. The zero-order valence-corrected chi connectivity index (χ0v) is 22.4. The van der Waals surface area contributed by atoms with E-state index in [1.54, 1.807) is 12.2 Å². The summed E-state index contributed by atoms with van der Waals surface area (Å²) in [7, 11) is 0. The van der Waals surface area contributed by atoms with Crippen LogP contribution in [0, 0.1) is 0 Å². The first-order chi connectivity index (χ1) is 18.1. The molecule has 0 saturated carbocycles. The second kappa shape index (κ2) is 23.0. The predicted octanol–water partition coefficient (Wildman–Crippen LogP) is 8.06. The molecule has 0 aliphatic carbocycles. The zero-order chi connectivity index (χ0) is 26.8. The lowest BCUT2D eigenvalue weighted by Gasteiger charge is -2.13. The van der Waals surface area contributed by atoms with Gasteiger partial charge in [-0.1, -0.05) is 155 Å². The zero-order valence-electron chi connectivity index (χ0n) is 22.4. The number of amides is 1. The summed E-state index contributed by atoms with van der Waals surface area (Å²) in [6, 6.07) is 8.27. The van der Waals surface area contributed by atoms with Crippen LogP contribution >= 0.6 is 0 Å². The van der Waals surface area contributed by atoms with E-state index in [1.807, 2.05) is 72.9 Å². The van der Waals surface area contributed by atoms with E-state index >= 15 is 0 Å². The number of carboxylic acids is 1. The van der Waals surface area contributed by atoms with Crippen LogP contribution < -0.4 is 5.32 Å². The van der Waals surface area contributed by atoms with Crippen molar-refractivity contribution in [1.82, 2.24) is 5.32 Å². The number of hydrogen-bond donors (Lipinski definition) is 2. The lowest BCUT2D eigenvalue weighted by atomic mass is 10.1. The quantitative estimate of drug-likeness (QED) is 0.107. The first-order valence-electron chi connectivity index (χ1n) is 13.7. The smallest absolute Gasteiger partial charge is 0.326 e.